The average Bonchev–Trinajstić information content (AvgIpc) is 2.36. The van der Waals surface area contributed by atoms with Gasteiger partial charge in [-0.2, -0.15) is 17.4 Å². The van der Waals surface area contributed by atoms with Crippen molar-refractivity contribution in [2.75, 3.05) is 27.2 Å². The molecule has 0 aromatic heterocycles. The van der Waals surface area contributed by atoms with Gasteiger partial charge in [-0.3, -0.25) is 4.79 Å². The van der Waals surface area contributed by atoms with Gasteiger partial charge in [-0.1, -0.05) is 0 Å². The number of carbonyl (C=O) groups is 2. The number of rotatable bonds is 6. The van der Waals surface area contributed by atoms with Gasteiger partial charge in [0.25, 0.3) is 10.2 Å². The van der Waals surface area contributed by atoms with Crippen LogP contribution in [0.1, 0.15) is 32.6 Å². The largest absolute Gasteiger partial charge is 0.343 e. The first-order valence-corrected chi connectivity index (χ1v) is 8.13. The van der Waals surface area contributed by atoms with Crippen molar-refractivity contribution in [1.82, 2.24) is 13.9 Å². The van der Waals surface area contributed by atoms with Crippen molar-refractivity contribution in [3.63, 3.8) is 0 Å². The van der Waals surface area contributed by atoms with E-state index >= 15 is 0 Å². The van der Waals surface area contributed by atoms with Crippen LogP contribution in [0.15, 0.2) is 0 Å². The lowest BCUT2D eigenvalue weighted by atomic mass is 10.1. The minimum Gasteiger partial charge on any atom is -0.343 e. The number of hydrogen-bond donors (Lipinski definition) is 1. The second kappa shape index (κ2) is 7.14. The number of ketones is 1. The maximum Gasteiger partial charge on any atom is 0.279 e. The third kappa shape index (κ3) is 5.18. The molecule has 1 amide bonds. The Morgan fingerprint density at radius 2 is 1.75 bits per heavy atom. The maximum absolute atomic E-state index is 11.8. The summed E-state index contributed by atoms with van der Waals surface area (Å²) in [6.07, 6.45) is 1.70. The third-order valence-corrected chi connectivity index (χ3v) is 4.93. The molecule has 20 heavy (non-hydrogen) atoms. The van der Waals surface area contributed by atoms with Gasteiger partial charge >= 0.3 is 0 Å². The average molecular weight is 305 g/mol. The van der Waals surface area contributed by atoms with Gasteiger partial charge in [0, 0.05) is 46.1 Å². The summed E-state index contributed by atoms with van der Waals surface area (Å²) >= 11 is 0. The third-order valence-electron chi connectivity index (χ3n) is 3.33. The summed E-state index contributed by atoms with van der Waals surface area (Å²) in [5, 5.41) is 0. The molecule has 0 spiro atoms. The zero-order valence-electron chi connectivity index (χ0n) is 12.3. The molecule has 0 unspecified atom stereocenters. The fourth-order valence-corrected chi connectivity index (χ4v) is 2.87. The summed E-state index contributed by atoms with van der Waals surface area (Å²) in [6.45, 7) is 2.52. The van der Waals surface area contributed by atoms with Crippen LogP contribution in [0.2, 0.25) is 0 Å². The minimum atomic E-state index is -3.42. The summed E-state index contributed by atoms with van der Waals surface area (Å²) in [6, 6.07) is -0.140. The number of Topliss-reactive ketones (excluding diaryl/α,β-unsaturated/α-hetero) is 1. The van der Waals surface area contributed by atoms with Crippen molar-refractivity contribution in [1.29, 1.82) is 0 Å². The predicted molar refractivity (Wildman–Crippen MR) is 75.3 cm³/mol. The number of likely N-dealkylation sites (tertiary alicyclic amines) is 1. The highest BCUT2D eigenvalue weighted by atomic mass is 32.2. The van der Waals surface area contributed by atoms with E-state index in [1.165, 1.54) is 21.0 Å². The number of nitrogens with one attached hydrogen (secondary N) is 1. The lowest BCUT2D eigenvalue weighted by Crippen LogP contribution is -2.49. The Balaban J connectivity index is 2.40. The number of carbonyl (C=O) groups excluding carboxylic acids is 2. The Hall–Kier alpha value is -0.990. The topological polar surface area (TPSA) is 86.8 Å². The van der Waals surface area contributed by atoms with Crippen molar-refractivity contribution in [2.45, 2.75) is 38.6 Å². The molecular weight excluding hydrogens is 282 g/mol. The van der Waals surface area contributed by atoms with E-state index in [-0.39, 0.29) is 30.6 Å². The van der Waals surface area contributed by atoms with Gasteiger partial charge in [-0.15, -0.1) is 0 Å². The summed E-state index contributed by atoms with van der Waals surface area (Å²) in [4.78, 5) is 24.4. The van der Waals surface area contributed by atoms with Crippen molar-refractivity contribution < 1.29 is 18.0 Å². The van der Waals surface area contributed by atoms with Crippen LogP contribution in [0, 0.1) is 0 Å². The quantitative estimate of drug-likeness (QED) is 0.732. The first-order chi connectivity index (χ1) is 9.22. The van der Waals surface area contributed by atoms with Gasteiger partial charge in [-0.05, 0) is 19.8 Å². The Bertz CT molecular complexity index is 453. The Morgan fingerprint density at radius 1 is 1.20 bits per heavy atom. The van der Waals surface area contributed by atoms with E-state index in [0.717, 1.165) is 4.31 Å². The number of piperidine rings is 1. The van der Waals surface area contributed by atoms with E-state index < -0.39 is 10.2 Å². The van der Waals surface area contributed by atoms with E-state index in [0.29, 0.717) is 25.9 Å². The SMILES string of the molecule is CC(=O)CCC(=O)N1CCC(NS(=O)(=O)N(C)C)CC1. The molecule has 0 atom stereocenters. The first-order valence-electron chi connectivity index (χ1n) is 6.69. The van der Waals surface area contributed by atoms with Gasteiger partial charge in [-0.25, -0.2) is 0 Å². The molecule has 0 bridgehead atoms. The standard InChI is InChI=1S/C12H23N3O4S/c1-10(16)4-5-12(17)15-8-6-11(7-9-15)13-20(18,19)14(2)3/h11,13H,4-9H2,1-3H3. The van der Waals surface area contributed by atoms with Crippen LogP contribution in [0.4, 0.5) is 0 Å². The molecule has 116 valence electrons. The van der Waals surface area contributed by atoms with E-state index in [1.807, 2.05) is 0 Å². The minimum absolute atomic E-state index is 0.00646. The van der Waals surface area contributed by atoms with Gasteiger partial charge in [0.2, 0.25) is 5.91 Å². The van der Waals surface area contributed by atoms with Crippen LogP contribution >= 0.6 is 0 Å². The second-order valence-corrected chi connectivity index (χ2v) is 7.18. The van der Waals surface area contributed by atoms with Gasteiger partial charge in [0.05, 0.1) is 0 Å². The molecule has 0 aromatic carbocycles. The van der Waals surface area contributed by atoms with Crippen molar-refractivity contribution >= 4 is 21.9 Å². The van der Waals surface area contributed by atoms with Gasteiger partial charge < -0.3 is 9.69 Å². The highest BCUT2D eigenvalue weighted by Gasteiger charge is 2.26. The Morgan fingerprint density at radius 3 is 2.20 bits per heavy atom. The van der Waals surface area contributed by atoms with E-state index in [4.69, 9.17) is 0 Å². The number of hydrogen-bond acceptors (Lipinski definition) is 4. The predicted octanol–water partition coefficient (Wildman–Crippen LogP) is -0.257. The molecular formula is C12H23N3O4S. The lowest BCUT2D eigenvalue weighted by molar-refractivity contribution is -0.133. The molecule has 1 heterocycles. The van der Waals surface area contributed by atoms with Crippen molar-refractivity contribution in [3.05, 3.63) is 0 Å². The molecule has 0 aromatic rings. The molecule has 0 saturated carbocycles. The van der Waals surface area contributed by atoms with Gasteiger partial charge in [0.15, 0.2) is 0 Å². The molecule has 1 N–H and O–H groups in total. The van der Waals surface area contributed by atoms with Gasteiger partial charge in [0.1, 0.15) is 5.78 Å². The van der Waals surface area contributed by atoms with Crippen LogP contribution < -0.4 is 4.72 Å². The second-order valence-electron chi connectivity index (χ2n) is 5.26. The van der Waals surface area contributed by atoms with Crippen molar-refractivity contribution in [2.24, 2.45) is 0 Å². The molecule has 1 aliphatic heterocycles. The molecule has 7 nitrogen and oxygen atoms in total. The monoisotopic (exact) mass is 305 g/mol. The molecule has 1 saturated heterocycles. The smallest absolute Gasteiger partial charge is 0.279 e. The van der Waals surface area contributed by atoms with Crippen molar-refractivity contribution in [3.8, 4) is 0 Å². The molecule has 0 aliphatic carbocycles. The van der Waals surface area contributed by atoms with Crippen LogP contribution in [0.25, 0.3) is 0 Å². The van der Waals surface area contributed by atoms with Crippen LogP contribution in [0.5, 0.6) is 0 Å². The zero-order chi connectivity index (χ0) is 15.3. The highest BCUT2D eigenvalue weighted by Crippen LogP contribution is 2.13. The lowest BCUT2D eigenvalue weighted by Gasteiger charge is -2.32. The molecule has 1 rings (SSSR count). The normalized spacial score (nSPS) is 17.5. The molecule has 1 fully saturated rings. The highest BCUT2D eigenvalue weighted by molar-refractivity contribution is 7.87. The first kappa shape index (κ1) is 17.1. The van der Waals surface area contributed by atoms with Crippen LogP contribution in [-0.2, 0) is 19.8 Å². The summed E-state index contributed by atoms with van der Waals surface area (Å²) < 4.78 is 27.1. The van der Waals surface area contributed by atoms with E-state index in [9.17, 15) is 18.0 Å². The van der Waals surface area contributed by atoms with Crippen LogP contribution in [-0.4, -0.2) is 62.5 Å². The Kier molecular flexibility index (Phi) is 6.09. The fourth-order valence-electron chi connectivity index (χ4n) is 2.00. The molecule has 0 radical (unpaired) electrons. The van der Waals surface area contributed by atoms with Crippen LogP contribution in [0.3, 0.4) is 0 Å². The maximum atomic E-state index is 11.8. The number of amides is 1. The summed E-state index contributed by atoms with van der Waals surface area (Å²) in [5.74, 6) is -0.0268. The van der Waals surface area contributed by atoms with E-state index in [2.05, 4.69) is 4.72 Å². The van der Waals surface area contributed by atoms with E-state index in [1.54, 1.807) is 4.90 Å². The summed E-state index contributed by atoms with van der Waals surface area (Å²) in [5.41, 5.74) is 0. The Labute approximate surface area is 120 Å². The fraction of sp³-hybridized carbons (Fsp3) is 0.833. The zero-order valence-corrected chi connectivity index (χ0v) is 13.1. The number of nitrogens with zero attached hydrogens (tertiary/aromatic N) is 2. The molecule has 1 aliphatic rings. The molecule has 8 heteroatoms. The summed E-state index contributed by atoms with van der Waals surface area (Å²) in [7, 11) is -0.472.